The van der Waals surface area contributed by atoms with E-state index in [1.165, 1.54) is 12.1 Å². The third-order valence-corrected chi connectivity index (χ3v) is 2.83. The van der Waals surface area contributed by atoms with Gasteiger partial charge in [0.15, 0.2) is 0 Å². The van der Waals surface area contributed by atoms with E-state index in [4.69, 9.17) is 4.74 Å². The first-order valence-electron chi connectivity index (χ1n) is 6.08. The number of hydrogen-bond donors (Lipinski definition) is 1. The van der Waals surface area contributed by atoms with E-state index in [0.29, 0.717) is 0 Å². The zero-order valence-electron chi connectivity index (χ0n) is 9.91. The second-order valence-corrected chi connectivity index (χ2v) is 4.12. The fourth-order valence-corrected chi connectivity index (χ4v) is 1.82. The highest BCUT2D eigenvalue weighted by Crippen LogP contribution is 2.20. The molecule has 0 radical (unpaired) electrons. The Morgan fingerprint density at radius 2 is 2.12 bits per heavy atom. The van der Waals surface area contributed by atoms with Gasteiger partial charge in [0.2, 0.25) is 0 Å². The Morgan fingerprint density at radius 3 is 2.75 bits per heavy atom. The molecule has 0 bridgehead atoms. The SMILES string of the molecule is CCCCOc1ccc(N2CCNC2)cc1. The van der Waals surface area contributed by atoms with Crippen molar-refractivity contribution in [2.75, 3.05) is 31.3 Å². The van der Waals surface area contributed by atoms with Gasteiger partial charge in [-0.15, -0.1) is 0 Å². The lowest BCUT2D eigenvalue weighted by Gasteiger charge is -2.16. The summed E-state index contributed by atoms with van der Waals surface area (Å²) in [6.45, 7) is 6.12. The lowest BCUT2D eigenvalue weighted by molar-refractivity contribution is 0.309. The molecule has 1 saturated heterocycles. The number of rotatable bonds is 5. The Hall–Kier alpha value is -1.22. The van der Waals surface area contributed by atoms with Crippen molar-refractivity contribution in [1.82, 2.24) is 5.32 Å². The maximum atomic E-state index is 5.63. The van der Waals surface area contributed by atoms with Gasteiger partial charge in [0.05, 0.1) is 13.3 Å². The number of nitrogens with one attached hydrogen (secondary N) is 1. The van der Waals surface area contributed by atoms with Crippen LogP contribution in [0.3, 0.4) is 0 Å². The highest BCUT2D eigenvalue weighted by Gasteiger charge is 2.10. The minimum Gasteiger partial charge on any atom is -0.494 e. The monoisotopic (exact) mass is 220 g/mol. The summed E-state index contributed by atoms with van der Waals surface area (Å²) in [5, 5.41) is 3.32. The average molecular weight is 220 g/mol. The molecule has 0 amide bonds. The quantitative estimate of drug-likeness (QED) is 0.770. The van der Waals surface area contributed by atoms with Crippen LogP contribution in [0.15, 0.2) is 24.3 Å². The van der Waals surface area contributed by atoms with Gasteiger partial charge in [-0.05, 0) is 30.7 Å². The van der Waals surface area contributed by atoms with Gasteiger partial charge in [-0.3, -0.25) is 5.32 Å². The van der Waals surface area contributed by atoms with Crippen molar-refractivity contribution in [3.8, 4) is 5.75 Å². The number of hydrogen-bond acceptors (Lipinski definition) is 3. The van der Waals surface area contributed by atoms with Gasteiger partial charge in [0, 0.05) is 18.8 Å². The molecule has 1 aliphatic heterocycles. The minimum absolute atomic E-state index is 0.821. The second-order valence-electron chi connectivity index (χ2n) is 4.12. The number of benzene rings is 1. The zero-order chi connectivity index (χ0) is 11.2. The van der Waals surface area contributed by atoms with Crippen molar-refractivity contribution in [1.29, 1.82) is 0 Å². The fourth-order valence-electron chi connectivity index (χ4n) is 1.82. The van der Waals surface area contributed by atoms with Crippen LogP contribution in [0.1, 0.15) is 19.8 Å². The van der Waals surface area contributed by atoms with Crippen LogP contribution in [0.5, 0.6) is 5.75 Å². The average Bonchev–Trinajstić information content (AvgIpc) is 2.84. The number of unbranched alkanes of at least 4 members (excludes halogenated alkanes) is 1. The number of nitrogens with zero attached hydrogens (tertiary/aromatic N) is 1. The van der Waals surface area contributed by atoms with Crippen LogP contribution in [0, 0.1) is 0 Å². The molecule has 88 valence electrons. The van der Waals surface area contributed by atoms with Crippen molar-refractivity contribution in [2.24, 2.45) is 0 Å². The van der Waals surface area contributed by atoms with Gasteiger partial charge in [-0.2, -0.15) is 0 Å². The highest BCUT2D eigenvalue weighted by molar-refractivity contribution is 5.49. The normalized spacial score (nSPS) is 15.4. The summed E-state index contributed by atoms with van der Waals surface area (Å²) in [5.41, 5.74) is 1.27. The molecule has 0 aliphatic carbocycles. The molecule has 0 spiro atoms. The Morgan fingerprint density at radius 1 is 1.31 bits per heavy atom. The summed E-state index contributed by atoms with van der Waals surface area (Å²) in [4.78, 5) is 2.33. The molecule has 0 saturated carbocycles. The molecule has 0 atom stereocenters. The van der Waals surface area contributed by atoms with E-state index >= 15 is 0 Å². The van der Waals surface area contributed by atoms with Gasteiger partial charge in [-0.1, -0.05) is 13.3 Å². The molecule has 3 nitrogen and oxygen atoms in total. The highest BCUT2D eigenvalue weighted by atomic mass is 16.5. The largest absolute Gasteiger partial charge is 0.494 e. The Labute approximate surface area is 97.4 Å². The van der Waals surface area contributed by atoms with Crippen LogP contribution in [-0.2, 0) is 0 Å². The van der Waals surface area contributed by atoms with Crippen molar-refractivity contribution in [3.05, 3.63) is 24.3 Å². The van der Waals surface area contributed by atoms with Gasteiger partial charge in [0.1, 0.15) is 5.75 Å². The summed E-state index contributed by atoms with van der Waals surface area (Å²) in [6, 6.07) is 8.38. The van der Waals surface area contributed by atoms with Crippen molar-refractivity contribution in [2.45, 2.75) is 19.8 Å². The first kappa shape index (κ1) is 11.3. The maximum Gasteiger partial charge on any atom is 0.119 e. The van der Waals surface area contributed by atoms with Crippen molar-refractivity contribution >= 4 is 5.69 Å². The molecule has 1 N–H and O–H groups in total. The van der Waals surface area contributed by atoms with Crippen molar-refractivity contribution in [3.63, 3.8) is 0 Å². The lowest BCUT2D eigenvalue weighted by atomic mass is 10.3. The molecule has 16 heavy (non-hydrogen) atoms. The van der Waals surface area contributed by atoms with Gasteiger partial charge in [-0.25, -0.2) is 0 Å². The summed E-state index contributed by atoms with van der Waals surface area (Å²) in [5.74, 6) is 0.976. The van der Waals surface area contributed by atoms with Crippen LogP contribution >= 0.6 is 0 Å². The van der Waals surface area contributed by atoms with Crippen LogP contribution in [0.2, 0.25) is 0 Å². The van der Waals surface area contributed by atoms with E-state index in [1.807, 2.05) is 0 Å². The molecule has 3 heteroatoms. The lowest BCUT2D eigenvalue weighted by Crippen LogP contribution is -2.20. The predicted octanol–water partition coefficient (Wildman–Crippen LogP) is 2.23. The minimum atomic E-state index is 0.821. The van der Waals surface area contributed by atoms with Gasteiger partial charge < -0.3 is 9.64 Å². The predicted molar refractivity (Wildman–Crippen MR) is 67.1 cm³/mol. The Balaban J connectivity index is 1.88. The molecule has 2 rings (SSSR count). The summed E-state index contributed by atoms with van der Waals surface area (Å²) in [6.07, 6.45) is 2.30. The molecular formula is C13H20N2O. The van der Waals surface area contributed by atoms with E-state index in [2.05, 4.69) is 41.4 Å². The van der Waals surface area contributed by atoms with Crippen LogP contribution in [0.25, 0.3) is 0 Å². The molecule has 1 aromatic carbocycles. The van der Waals surface area contributed by atoms with Crippen LogP contribution in [-0.4, -0.2) is 26.4 Å². The molecule has 1 heterocycles. The third-order valence-electron chi connectivity index (χ3n) is 2.83. The Bertz CT molecular complexity index is 304. The van der Waals surface area contributed by atoms with E-state index < -0.39 is 0 Å². The topological polar surface area (TPSA) is 24.5 Å². The number of anilines is 1. The van der Waals surface area contributed by atoms with E-state index in [9.17, 15) is 0 Å². The first-order valence-corrected chi connectivity index (χ1v) is 6.08. The van der Waals surface area contributed by atoms with E-state index in [0.717, 1.165) is 38.5 Å². The van der Waals surface area contributed by atoms with Gasteiger partial charge >= 0.3 is 0 Å². The first-order chi connectivity index (χ1) is 7.90. The summed E-state index contributed by atoms with van der Waals surface area (Å²) >= 11 is 0. The maximum absolute atomic E-state index is 5.63. The molecule has 1 aliphatic rings. The smallest absolute Gasteiger partial charge is 0.119 e. The summed E-state index contributed by atoms with van der Waals surface area (Å²) in [7, 11) is 0. The molecule has 1 aromatic rings. The zero-order valence-corrected chi connectivity index (χ0v) is 9.91. The Kier molecular flexibility index (Phi) is 4.05. The van der Waals surface area contributed by atoms with Crippen LogP contribution in [0.4, 0.5) is 5.69 Å². The van der Waals surface area contributed by atoms with Gasteiger partial charge in [0.25, 0.3) is 0 Å². The third kappa shape index (κ3) is 2.89. The molecule has 0 aromatic heterocycles. The molecule has 1 fully saturated rings. The second kappa shape index (κ2) is 5.75. The van der Waals surface area contributed by atoms with Crippen LogP contribution < -0.4 is 15.0 Å². The van der Waals surface area contributed by atoms with E-state index in [-0.39, 0.29) is 0 Å². The van der Waals surface area contributed by atoms with E-state index in [1.54, 1.807) is 0 Å². The summed E-state index contributed by atoms with van der Waals surface area (Å²) < 4.78 is 5.63. The fraction of sp³-hybridized carbons (Fsp3) is 0.538. The van der Waals surface area contributed by atoms with Crippen molar-refractivity contribution < 1.29 is 4.74 Å². The standard InChI is InChI=1S/C13H20N2O/c1-2-3-10-16-13-6-4-12(5-7-13)15-9-8-14-11-15/h4-7,14H,2-3,8-11H2,1H3. The molecule has 0 unspecified atom stereocenters. The molecular weight excluding hydrogens is 200 g/mol. The number of ether oxygens (including phenoxy) is 1.